The SMILES string of the molecule is C[C@@H](Cc1ccsc1)NC(=O)N1CCc2ccccc2[C@@H]1CO. The van der Waals surface area contributed by atoms with Gasteiger partial charge in [0.05, 0.1) is 12.6 Å². The molecule has 2 aromatic rings. The minimum atomic E-state index is -0.256. The van der Waals surface area contributed by atoms with E-state index in [-0.39, 0.29) is 24.7 Å². The van der Waals surface area contributed by atoms with Gasteiger partial charge in [0.25, 0.3) is 0 Å². The number of carbonyl (C=O) groups excluding carboxylic acids is 1. The van der Waals surface area contributed by atoms with Crippen LogP contribution in [0, 0.1) is 0 Å². The summed E-state index contributed by atoms with van der Waals surface area (Å²) in [5, 5.41) is 17.0. The number of aliphatic hydroxyl groups is 1. The molecule has 0 aliphatic carbocycles. The molecule has 2 atom stereocenters. The first-order chi connectivity index (χ1) is 11.2. The third-order valence-electron chi connectivity index (χ3n) is 4.34. The quantitative estimate of drug-likeness (QED) is 0.905. The Kier molecular flexibility index (Phi) is 4.98. The molecule has 0 saturated carbocycles. The molecule has 0 saturated heterocycles. The number of aliphatic hydroxyl groups excluding tert-OH is 1. The van der Waals surface area contributed by atoms with Crippen molar-refractivity contribution in [3.63, 3.8) is 0 Å². The van der Waals surface area contributed by atoms with Crippen molar-refractivity contribution in [3.8, 4) is 0 Å². The van der Waals surface area contributed by atoms with E-state index in [0.717, 1.165) is 18.4 Å². The first-order valence-electron chi connectivity index (χ1n) is 7.96. The van der Waals surface area contributed by atoms with Gasteiger partial charge >= 0.3 is 6.03 Å². The number of hydrogen-bond donors (Lipinski definition) is 2. The van der Waals surface area contributed by atoms with Gasteiger partial charge in [-0.05, 0) is 53.3 Å². The second-order valence-corrected chi connectivity index (χ2v) is 6.81. The number of thiophene rings is 1. The highest BCUT2D eigenvalue weighted by Crippen LogP contribution is 2.29. The highest BCUT2D eigenvalue weighted by molar-refractivity contribution is 7.07. The number of hydrogen-bond acceptors (Lipinski definition) is 3. The summed E-state index contributed by atoms with van der Waals surface area (Å²) in [4.78, 5) is 14.4. The second-order valence-electron chi connectivity index (χ2n) is 6.03. The van der Waals surface area contributed by atoms with Crippen LogP contribution in [-0.2, 0) is 12.8 Å². The standard InChI is InChI=1S/C18H22N2O2S/c1-13(10-14-7-9-23-12-14)19-18(22)20-8-6-15-4-2-3-5-16(15)17(20)11-21/h2-5,7,9,12-13,17,21H,6,8,10-11H2,1H3,(H,19,22)/t13-,17-/m0/s1. The van der Waals surface area contributed by atoms with Crippen LogP contribution in [0.2, 0.25) is 0 Å². The zero-order valence-corrected chi connectivity index (χ0v) is 14.1. The maximum atomic E-state index is 12.6. The molecule has 1 aliphatic heterocycles. The van der Waals surface area contributed by atoms with Crippen molar-refractivity contribution in [3.05, 3.63) is 57.8 Å². The molecule has 0 radical (unpaired) electrons. The number of benzene rings is 1. The Balaban J connectivity index is 1.67. The summed E-state index contributed by atoms with van der Waals surface area (Å²) in [7, 11) is 0. The first kappa shape index (κ1) is 16.0. The average molecular weight is 330 g/mol. The Labute approximate surface area is 140 Å². The molecule has 2 amide bonds. The molecule has 0 spiro atoms. The normalized spacial score (nSPS) is 18.3. The largest absolute Gasteiger partial charge is 0.394 e. The lowest BCUT2D eigenvalue weighted by molar-refractivity contribution is 0.125. The fourth-order valence-corrected chi connectivity index (χ4v) is 3.88. The van der Waals surface area contributed by atoms with Crippen molar-refractivity contribution >= 4 is 17.4 Å². The molecule has 23 heavy (non-hydrogen) atoms. The smallest absolute Gasteiger partial charge is 0.318 e. The molecule has 1 aromatic carbocycles. The van der Waals surface area contributed by atoms with E-state index in [1.54, 1.807) is 16.2 Å². The maximum absolute atomic E-state index is 12.6. The average Bonchev–Trinajstić information content (AvgIpc) is 3.06. The number of carbonyl (C=O) groups is 1. The zero-order valence-electron chi connectivity index (χ0n) is 13.2. The van der Waals surface area contributed by atoms with Crippen LogP contribution < -0.4 is 5.32 Å². The summed E-state index contributed by atoms with van der Waals surface area (Å²) in [5.74, 6) is 0. The Morgan fingerprint density at radius 1 is 1.43 bits per heavy atom. The monoisotopic (exact) mass is 330 g/mol. The molecule has 1 aromatic heterocycles. The number of urea groups is 1. The molecule has 122 valence electrons. The first-order valence-corrected chi connectivity index (χ1v) is 8.90. The van der Waals surface area contributed by atoms with E-state index in [1.165, 1.54) is 11.1 Å². The second kappa shape index (κ2) is 7.15. The fraction of sp³-hybridized carbons (Fsp3) is 0.389. The van der Waals surface area contributed by atoms with Gasteiger partial charge in [-0.3, -0.25) is 0 Å². The highest BCUT2D eigenvalue weighted by Gasteiger charge is 2.30. The van der Waals surface area contributed by atoms with Crippen molar-refractivity contribution in [1.82, 2.24) is 10.2 Å². The molecule has 0 fully saturated rings. The van der Waals surface area contributed by atoms with Gasteiger partial charge < -0.3 is 15.3 Å². The van der Waals surface area contributed by atoms with Crippen LogP contribution in [0.4, 0.5) is 4.79 Å². The van der Waals surface area contributed by atoms with Gasteiger partial charge in [-0.25, -0.2) is 4.79 Å². The van der Waals surface area contributed by atoms with Crippen LogP contribution in [0.25, 0.3) is 0 Å². The predicted octanol–water partition coefficient (Wildman–Crippen LogP) is 2.98. The van der Waals surface area contributed by atoms with Crippen molar-refractivity contribution in [1.29, 1.82) is 0 Å². The molecular formula is C18H22N2O2S. The van der Waals surface area contributed by atoms with Crippen molar-refractivity contribution in [2.75, 3.05) is 13.2 Å². The minimum absolute atomic E-state index is 0.0522. The van der Waals surface area contributed by atoms with Gasteiger partial charge in [0.15, 0.2) is 0 Å². The highest BCUT2D eigenvalue weighted by atomic mass is 32.1. The summed E-state index contributed by atoms with van der Waals surface area (Å²) in [6, 6.07) is 9.84. The summed E-state index contributed by atoms with van der Waals surface area (Å²) < 4.78 is 0. The molecule has 1 aliphatic rings. The Morgan fingerprint density at radius 2 is 2.26 bits per heavy atom. The molecule has 0 bridgehead atoms. The summed E-state index contributed by atoms with van der Waals surface area (Å²) in [5.41, 5.74) is 3.52. The maximum Gasteiger partial charge on any atom is 0.318 e. The lowest BCUT2D eigenvalue weighted by Gasteiger charge is -2.37. The van der Waals surface area contributed by atoms with E-state index in [2.05, 4.69) is 22.8 Å². The molecule has 3 rings (SSSR count). The van der Waals surface area contributed by atoms with Crippen LogP contribution in [0.5, 0.6) is 0 Å². The van der Waals surface area contributed by atoms with Crippen molar-refractivity contribution in [2.24, 2.45) is 0 Å². The van der Waals surface area contributed by atoms with Crippen LogP contribution in [0.15, 0.2) is 41.1 Å². The molecule has 4 nitrogen and oxygen atoms in total. The fourth-order valence-electron chi connectivity index (χ4n) is 3.20. The number of rotatable bonds is 4. The van der Waals surface area contributed by atoms with Crippen molar-refractivity contribution < 1.29 is 9.90 Å². The van der Waals surface area contributed by atoms with E-state index in [0.29, 0.717) is 6.54 Å². The Bertz CT molecular complexity index is 657. The number of amides is 2. The molecule has 0 unspecified atom stereocenters. The Morgan fingerprint density at radius 3 is 3.00 bits per heavy atom. The van der Waals surface area contributed by atoms with E-state index in [4.69, 9.17) is 0 Å². The molecular weight excluding hydrogens is 308 g/mol. The number of nitrogens with one attached hydrogen (secondary N) is 1. The number of nitrogens with zero attached hydrogens (tertiary/aromatic N) is 1. The predicted molar refractivity (Wildman–Crippen MR) is 92.7 cm³/mol. The summed E-state index contributed by atoms with van der Waals surface area (Å²) >= 11 is 1.67. The summed E-state index contributed by atoms with van der Waals surface area (Å²) in [6.07, 6.45) is 1.66. The number of fused-ring (bicyclic) bond motifs is 1. The van der Waals surface area contributed by atoms with Gasteiger partial charge in [0.1, 0.15) is 0 Å². The van der Waals surface area contributed by atoms with E-state index in [9.17, 15) is 9.90 Å². The lowest BCUT2D eigenvalue weighted by Crippen LogP contribution is -2.49. The van der Waals surface area contributed by atoms with Crippen molar-refractivity contribution in [2.45, 2.75) is 31.8 Å². The molecule has 5 heteroatoms. The van der Waals surface area contributed by atoms with Gasteiger partial charge in [0, 0.05) is 12.6 Å². The van der Waals surface area contributed by atoms with Gasteiger partial charge in [0.2, 0.25) is 0 Å². The topological polar surface area (TPSA) is 52.6 Å². The molecule has 2 N–H and O–H groups in total. The van der Waals surface area contributed by atoms with Crippen LogP contribution >= 0.6 is 11.3 Å². The van der Waals surface area contributed by atoms with Crippen LogP contribution in [0.1, 0.15) is 29.7 Å². The van der Waals surface area contributed by atoms with Gasteiger partial charge in [-0.2, -0.15) is 11.3 Å². The minimum Gasteiger partial charge on any atom is -0.394 e. The summed E-state index contributed by atoms with van der Waals surface area (Å²) in [6.45, 7) is 2.60. The molecule has 2 heterocycles. The van der Waals surface area contributed by atoms with Gasteiger partial charge in [-0.1, -0.05) is 24.3 Å². The Hall–Kier alpha value is -1.85. The third kappa shape index (κ3) is 3.57. The van der Waals surface area contributed by atoms with Crippen LogP contribution in [0.3, 0.4) is 0 Å². The van der Waals surface area contributed by atoms with E-state index in [1.807, 2.05) is 30.5 Å². The van der Waals surface area contributed by atoms with E-state index < -0.39 is 0 Å². The third-order valence-corrected chi connectivity index (χ3v) is 5.07. The lowest BCUT2D eigenvalue weighted by atomic mass is 9.93. The van der Waals surface area contributed by atoms with Crippen LogP contribution in [-0.4, -0.2) is 35.2 Å². The van der Waals surface area contributed by atoms with E-state index >= 15 is 0 Å². The van der Waals surface area contributed by atoms with Gasteiger partial charge in [-0.15, -0.1) is 0 Å². The zero-order chi connectivity index (χ0) is 16.2.